The molecule has 0 unspecified atom stereocenters. The predicted molar refractivity (Wildman–Crippen MR) is 101 cm³/mol. The summed E-state index contributed by atoms with van der Waals surface area (Å²) in [5, 5.41) is 22.9. The molecule has 0 atom stereocenters. The van der Waals surface area contributed by atoms with Crippen molar-refractivity contribution >= 4 is 40.5 Å². The summed E-state index contributed by atoms with van der Waals surface area (Å²) in [5.41, 5.74) is 0.639. The number of hydrogen-bond acceptors (Lipinski definition) is 5. The number of carbonyl (C=O) groups excluding carboxylic acids is 1. The van der Waals surface area contributed by atoms with Gasteiger partial charge in [0.15, 0.2) is 0 Å². The maximum absolute atomic E-state index is 12.5. The number of benzene rings is 2. The molecule has 0 saturated heterocycles. The van der Waals surface area contributed by atoms with Crippen LogP contribution >= 0.6 is 23.2 Å². The fraction of sp³-hybridized carbons (Fsp3) is 0.0556. The van der Waals surface area contributed by atoms with Gasteiger partial charge in [0.25, 0.3) is 11.6 Å². The SMILES string of the molecule is O=C(Nc1cc(-c2ccc(CO)o2)ccc1Cl)c1ccc(Cl)c([N+](=O)[O-])c1. The van der Waals surface area contributed by atoms with Crippen LogP contribution in [0.15, 0.2) is 52.9 Å². The summed E-state index contributed by atoms with van der Waals surface area (Å²) in [7, 11) is 0. The van der Waals surface area contributed by atoms with Crippen molar-refractivity contribution < 1.29 is 19.2 Å². The van der Waals surface area contributed by atoms with E-state index in [0.717, 1.165) is 6.07 Å². The first kappa shape index (κ1) is 18.9. The van der Waals surface area contributed by atoms with E-state index in [2.05, 4.69) is 5.32 Å². The molecule has 1 amide bonds. The molecule has 27 heavy (non-hydrogen) atoms. The maximum Gasteiger partial charge on any atom is 0.288 e. The first-order valence-electron chi connectivity index (χ1n) is 7.64. The van der Waals surface area contributed by atoms with Crippen molar-refractivity contribution in [3.63, 3.8) is 0 Å². The van der Waals surface area contributed by atoms with Crippen LogP contribution < -0.4 is 5.32 Å². The second-order valence-electron chi connectivity index (χ2n) is 5.50. The zero-order chi connectivity index (χ0) is 19.6. The average Bonchev–Trinajstić information content (AvgIpc) is 3.12. The Hall–Kier alpha value is -2.87. The van der Waals surface area contributed by atoms with Gasteiger partial charge in [-0.2, -0.15) is 0 Å². The minimum Gasteiger partial charge on any atom is -0.459 e. The lowest BCUT2D eigenvalue weighted by Crippen LogP contribution is -2.12. The van der Waals surface area contributed by atoms with E-state index in [1.165, 1.54) is 12.1 Å². The molecule has 0 aliphatic rings. The van der Waals surface area contributed by atoms with Gasteiger partial charge in [0.05, 0.1) is 15.6 Å². The zero-order valence-corrected chi connectivity index (χ0v) is 15.1. The first-order valence-corrected chi connectivity index (χ1v) is 8.39. The molecule has 0 aliphatic carbocycles. The first-order chi connectivity index (χ1) is 12.9. The lowest BCUT2D eigenvalue weighted by molar-refractivity contribution is -0.384. The number of nitrogens with one attached hydrogen (secondary N) is 1. The van der Waals surface area contributed by atoms with Crippen LogP contribution in [-0.2, 0) is 6.61 Å². The van der Waals surface area contributed by atoms with Crippen molar-refractivity contribution in [3.8, 4) is 11.3 Å². The van der Waals surface area contributed by atoms with Crippen molar-refractivity contribution in [3.05, 3.63) is 80.0 Å². The summed E-state index contributed by atoms with van der Waals surface area (Å²) in [6.45, 7) is -0.230. The summed E-state index contributed by atoms with van der Waals surface area (Å²) in [5.74, 6) is 0.316. The number of aliphatic hydroxyl groups excluding tert-OH is 1. The number of rotatable bonds is 5. The number of amides is 1. The summed E-state index contributed by atoms with van der Waals surface area (Å²) < 4.78 is 5.46. The molecule has 0 spiro atoms. The summed E-state index contributed by atoms with van der Waals surface area (Å²) >= 11 is 11.9. The molecule has 0 bridgehead atoms. The molecule has 1 aromatic heterocycles. The number of hydrogen-bond donors (Lipinski definition) is 2. The van der Waals surface area contributed by atoms with Crippen molar-refractivity contribution in [1.82, 2.24) is 0 Å². The van der Waals surface area contributed by atoms with Crippen LogP contribution in [0.1, 0.15) is 16.1 Å². The Balaban J connectivity index is 1.89. The monoisotopic (exact) mass is 406 g/mol. The van der Waals surface area contributed by atoms with Crippen LogP contribution in [-0.4, -0.2) is 15.9 Å². The van der Waals surface area contributed by atoms with Gasteiger partial charge in [-0.1, -0.05) is 23.2 Å². The maximum atomic E-state index is 12.5. The topological polar surface area (TPSA) is 106 Å². The summed E-state index contributed by atoms with van der Waals surface area (Å²) in [6.07, 6.45) is 0. The van der Waals surface area contributed by atoms with Gasteiger partial charge < -0.3 is 14.8 Å². The van der Waals surface area contributed by atoms with E-state index in [4.69, 9.17) is 32.7 Å². The van der Waals surface area contributed by atoms with Crippen molar-refractivity contribution in [2.24, 2.45) is 0 Å². The lowest BCUT2D eigenvalue weighted by atomic mass is 10.1. The third-order valence-electron chi connectivity index (χ3n) is 3.72. The molecule has 0 aliphatic heterocycles. The Morgan fingerprint density at radius 3 is 2.52 bits per heavy atom. The van der Waals surface area contributed by atoms with Crippen LogP contribution in [0.2, 0.25) is 10.0 Å². The number of nitro benzene ring substituents is 1. The number of carbonyl (C=O) groups is 1. The molecular weight excluding hydrogens is 395 g/mol. The van der Waals surface area contributed by atoms with Gasteiger partial charge >= 0.3 is 0 Å². The van der Waals surface area contributed by atoms with Gasteiger partial charge in [-0.25, -0.2) is 0 Å². The highest BCUT2D eigenvalue weighted by Gasteiger charge is 2.17. The number of nitrogens with zero attached hydrogens (tertiary/aromatic N) is 1. The van der Waals surface area contributed by atoms with Gasteiger partial charge in [-0.05, 0) is 42.5 Å². The van der Waals surface area contributed by atoms with Crippen LogP contribution in [0, 0.1) is 10.1 Å². The third-order valence-corrected chi connectivity index (χ3v) is 4.37. The fourth-order valence-corrected chi connectivity index (χ4v) is 2.73. The molecule has 2 N–H and O–H groups in total. The minimum absolute atomic E-state index is 0.0610. The summed E-state index contributed by atoms with van der Waals surface area (Å²) in [4.78, 5) is 22.8. The van der Waals surface area contributed by atoms with Gasteiger partial charge in [0.1, 0.15) is 23.2 Å². The molecular formula is C18H12Cl2N2O5. The number of nitro groups is 1. The van der Waals surface area contributed by atoms with E-state index < -0.39 is 10.8 Å². The smallest absolute Gasteiger partial charge is 0.288 e. The molecule has 138 valence electrons. The van der Waals surface area contributed by atoms with Crippen LogP contribution in [0.25, 0.3) is 11.3 Å². The second-order valence-corrected chi connectivity index (χ2v) is 6.31. The Kier molecular flexibility index (Phi) is 5.46. The van der Waals surface area contributed by atoms with Crippen molar-refractivity contribution in [1.29, 1.82) is 0 Å². The van der Waals surface area contributed by atoms with Gasteiger partial charge in [0.2, 0.25) is 0 Å². The van der Waals surface area contributed by atoms with E-state index in [0.29, 0.717) is 22.8 Å². The normalized spacial score (nSPS) is 10.6. The molecule has 0 radical (unpaired) electrons. The Labute approximate surface area is 163 Å². The van der Waals surface area contributed by atoms with Crippen LogP contribution in [0.5, 0.6) is 0 Å². The van der Waals surface area contributed by atoms with Crippen LogP contribution in [0.4, 0.5) is 11.4 Å². The molecule has 0 saturated carbocycles. The lowest BCUT2D eigenvalue weighted by Gasteiger charge is -2.09. The van der Waals surface area contributed by atoms with Crippen molar-refractivity contribution in [2.45, 2.75) is 6.61 Å². The van der Waals surface area contributed by atoms with E-state index in [9.17, 15) is 14.9 Å². The largest absolute Gasteiger partial charge is 0.459 e. The van der Waals surface area contributed by atoms with Gasteiger partial charge in [-0.15, -0.1) is 0 Å². The number of furan rings is 1. The van der Waals surface area contributed by atoms with Crippen molar-refractivity contribution in [2.75, 3.05) is 5.32 Å². The standard InChI is InChI=1S/C18H12Cl2N2O5/c19-13-4-1-10(17-6-3-12(9-23)27-17)7-15(13)21-18(24)11-2-5-14(20)16(8-11)22(25)26/h1-8,23H,9H2,(H,21,24). The van der Waals surface area contributed by atoms with E-state index in [-0.39, 0.29) is 27.9 Å². The Bertz CT molecular complexity index is 1030. The van der Waals surface area contributed by atoms with E-state index in [1.54, 1.807) is 30.3 Å². The zero-order valence-electron chi connectivity index (χ0n) is 13.6. The van der Waals surface area contributed by atoms with Crippen LogP contribution in [0.3, 0.4) is 0 Å². The second kappa shape index (κ2) is 7.79. The molecule has 2 aromatic carbocycles. The summed E-state index contributed by atoms with van der Waals surface area (Å²) in [6, 6.07) is 12.0. The molecule has 7 nitrogen and oxygen atoms in total. The van der Waals surface area contributed by atoms with E-state index in [1.807, 2.05) is 0 Å². The fourth-order valence-electron chi connectivity index (χ4n) is 2.38. The average molecular weight is 407 g/mol. The molecule has 3 rings (SSSR count). The quantitative estimate of drug-likeness (QED) is 0.462. The number of aliphatic hydroxyl groups is 1. The minimum atomic E-state index is -0.664. The third kappa shape index (κ3) is 4.11. The number of anilines is 1. The highest BCUT2D eigenvalue weighted by atomic mass is 35.5. The van der Waals surface area contributed by atoms with E-state index >= 15 is 0 Å². The highest BCUT2D eigenvalue weighted by Crippen LogP contribution is 2.31. The predicted octanol–water partition coefficient (Wildman–Crippen LogP) is 4.91. The molecule has 3 aromatic rings. The number of halogens is 2. The van der Waals surface area contributed by atoms with Gasteiger partial charge in [-0.3, -0.25) is 14.9 Å². The Morgan fingerprint density at radius 1 is 1.11 bits per heavy atom. The highest BCUT2D eigenvalue weighted by molar-refractivity contribution is 6.34. The Morgan fingerprint density at radius 2 is 1.85 bits per heavy atom. The molecule has 0 fully saturated rings. The molecule has 9 heteroatoms. The molecule has 1 heterocycles. The van der Waals surface area contributed by atoms with Gasteiger partial charge in [0, 0.05) is 17.2 Å².